The molecule has 0 atom stereocenters. The average molecular weight is 273 g/mol. The molecule has 3 N–H and O–H groups in total. The van der Waals surface area contributed by atoms with E-state index in [4.69, 9.17) is 10.5 Å². The molecule has 2 aromatic rings. The van der Waals surface area contributed by atoms with E-state index in [1.807, 2.05) is 24.3 Å². The topological polar surface area (TPSA) is 60.2 Å². The van der Waals surface area contributed by atoms with Crippen LogP contribution in [0.25, 0.3) is 10.9 Å². The summed E-state index contributed by atoms with van der Waals surface area (Å²) in [5, 5.41) is 4.40. The molecule has 0 unspecified atom stereocenters. The van der Waals surface area contributed by atoms with Gasteiger partial charge in [-0.3, -0.25) is 4.98 Å². The zero-order valence-electron chi connectivity index (χ0n) is 12.1. The molecule has 1 aromatic heterocycles. The smallest absolute Gasteiger partial charge is 0.0953 e. The summed E-state index contributed by atoms with van der Waals surface area (Å²) in [5.41, 5.74) is 8.69. The molecule has 0 radical (unpaired) electrons. The minimum atomic E-state index is 0.765. The van der Waals surface area contributed by atoms with Crippen molar-refractivity contribution in [2.45, 2.75) is 26.2 Å². The number of aromatic nitrogens is 1. The predicted octanol–water partition coefficient (Wildman–Crippen LogP) is 3.44. The van der Waals surface area contributed by atoms with E-state index in [2.05, 4.69) is 17.2 Å². The van der Waals surface area contributed by atoms with Crippen molar-refractivity contribution in [2.75, 3.05) is 30.8 Å². The van der Waals surface area contributed by atoms with Crippen molar-refractivity contribution in [1.29, 1.82) is 0 Å². The quantitative estimate of drug-likeness (QED) is 0.571. The Kier molecular flexibility index (Phi) is 5.62. The lowest BCUT2D eigenvalue weighted by Gasteiger charge is -2.10. The van der Waals surface area contributed by atoms with Crippen molar-refractivity contribution in [3.63, 3.8) is 0 Å². The van der Waals surface area contributed by atoms with Gasteiger partial charge in [0.15, 0.2) is 0 Å². The van der Waals surface area contributed by atoms with Crippen molar-refractivity contribution in [3.8, 4) is 0 Å². The standard InChI is InChI=1S/C16H23N3O/c1-2-3-11-20-12-5-10-18-15-8-7-14(17)13-6-4-9-19-16(13)15/h4,6-9,18H,2-3,5,10-12,17H2,1H3. The number of nitrogens with two attached hydrogens (primary N) is 1. The van der Waals surface area contributed by atoms with Crippen molar-refractivity contribution in [3.05, 3.63) is 30.5 Å². The van der Waals surface area contributed by atoms with Gasteiger partial charge in [0.25, 0.3) is 0 Å². The van der Waals surface area contributed by atoms with Crippen LogP contribution in [0.5, 0.6) is 0 Å². The molecule has 4 heteroatoms. The first-order chi connectivity index (χ1) is 9.83. The number of rotatable bonds is 8. The van der Waals surface area contributed by atoms with E-state index < -0.39 is 0 Å². The van der Waals surface area contributed by atoms with Gasteiger partial charge >= 0.3 is 0 Å². The zero-order valence-corrected chi connectivity index (χ0v) is 12.1. The van der Waals surface area contributed by atoms with Gasteiger partial charge in [-0.05, 0) is 37.1 Å². The van der Waals surface area contributed by atoms with Crippen LogP contribution >= 0.6 is 0 Å². The first kappa shape index (κ1) is 14.6. The molecule has 108 valence electrons. The van der Waals surface area contributed by atoms with E-state index in [1.54, 1.807) is 6.20 Å². The van der Waals surface area contributed by atoms with Crippen LogP contribution in [0.2, 0.25) is 0 Å². The minimum absolute atomic E-state index is 0.765. The average Bonchev–Trinajstić information content (AvgIpc) is 2.49. The lowest BCUT2D eigenvalue weighted by molar-refractivity contribution is 0.131. The van der Waals surface area contributed by atoms with Crippen LogP contribution in [-0.4, -0.2) is 24.7 Å². The van der Waals surface area contributed by atoms with Crippen molar-refractivity contribution >= 4 is 22.3 Å². The molecular formula is C16H23N3O. The highest BCUT2D eigenvalue weighted by atomic mass is 16.5. The molecule has 0 saturated carbocycles. The van der Waals surface area contributed by atoms with Crippen LogP contribution in [0.15, 0.2) is 30.5 Å². The van der Waals surface area contributed by atoms with Gasteiger partial charge in [-0.2, -0.15) is 0 Å². The second-order valence-corrected chi connectivity index (χ2v) is 4.85. The fourth-order valence-corrected chi connectivity index (χ4v) is 2.08. The zero-order chi connectivity index (χ0) is 14.2. The normalized spacial score (nSPS) is 10.8. The highest BCUT2D eigenvalue weighted by Crippen LogP contribution is 2.25. The molecule has 20 heavy (non-hydrogen) atoms. The van der Waals surface area contributed by atoms with E-state index in [1.165, 1.54) is 6.42 Å². The van der Waals surface area contributed by atoms with Gasteiger partial charge in [-0.25, -0.2) is 0 Å². The Bertz CT molecular complexity index is 542. The van der Waals surface area contributed by atoms with Crippen LogP contribution in [0, 0.1) is 0 Å². The molecule has 0 aliphatic carbocycles. The summed E-state index contributed by atoms with van der Waals surface area (Å²) in [5.74, 6) is 0. The number of ether oxygens (including phenoxy) is 1. The summed E-state index contributed by atoms with van der Waals surface area (Å²) in [6.07, 6.45) is 5.10. The molecule has 0 aliphatic heterocycles. The van der Waals surface area contributed by atoms with Crippen LogP contribution in [-0.2, 0) is 4.74 Å². The van der Waals surface area contributed by atoms with E-state index in [0.717, 1.165) is 54.9 Å². The summed E-state index contributed by atoms with van der Waals surface area (Å²) in [6.45, 7) is 4.71. The monoisotopic (exact) mass is 273 g/mol. The Labute approximate surface area is 120 Å². The van der Waals surface area contributed by atoms with E-state index in [-0.39, 0.29) is 0 Å². The number of anilines is 2. The third-order valence-corrected chi connectivity index (χ3v) is 3.23. The molecule has 0 fully saturated rings. The van der Waals surface area contributed by atoms with Crippen molar-refractivity contribution < 1.29 is 4.74 Å². The third-order valence-electron chi connectivity index (χ3n) is 3.23. The fourth-order valence-electron chi connectivity index (χ4n) is 2.08. The Morgan fingerprint density at radius 2 is 2.05 bits per heavy atom. The molecule has 0 bridgehead atoms. The highest BCUT2D eigenvalue weighted by molar-refractivity contribution is 5.98. The molecule has 1 heterocycles. The maximum atomic E-state index is 5.96. The van der Waals surface area contributed by atoms with E-state index in [0.29, 0.717) is 0 Å². The molecule has 0 saturated heterocycles. The minimum Gasteiger partial charge on any atom is -0.398 e. The van der Waals surface area contributed by atoms with Gasteiger partial charge in [-0.15, -0.1) is 0 Å². The summed E-state index contributed by atoms with van der Waals surface area (Å²) in [4.78, 5) is 4.41. The summed E-state index contributed by atoms with van der Waals surface area (Å²) in [7, 11) is 0. The Morgan fingerprint density at radius 1 is 1.20 bits per heavy atom. The molecule has 1 aromatic carbocycles. The summed E-state index contributed by atoms with van der Waals surface area (Å²) >= 11 is 0. The van der Waals surface area contributed by atoms with Crippen LogP contribution < -0.4 is 11.1 Å². The van der Waals surface area contributed by atoms with Crippen molar-refractivity contribution in [2.24, 2.45) is 0 Å². The SMILES string of the molecule is CCCCOCCCNc1ccc(N)c2cccnc12. The van der Waals surface area contributed by atoms with Gasteiger partial charge in [0.2, 0.25) is 0 Å². The molecule has 0 amide bonds. The molecular weight excluding hydrogens is 250 g/mol. The first-order valence-electron chi connectivity index (χ1n) is 7.27. The lowest BCUT2D eigenvalue weighted by atomic mass is 10.1. The van der Waals surface area contributed by atoms with E-state index in [9.17, 15) is 0 Å². The molecule has 4 nitrogen and oxygen atoms in total. The van der Waals surface area contributed by atoms with Gasteiger partial charge in [0.1, 0.15) is 0 Å². The number of hydrogen-bond donors (Lipinski definition) is 2. The number of nitrogen functional groups attached to an aromatic ring is 1. The second-order valence-electron chi connectivity index (χ2n) is 4.85. The number of nitrogens with zero attached hydrogens (tertiary/aromatic N) is 1. The number of fused-ring (bicyclic) bond motifs is 1. The Balaban J connectivity index is 1.86. The summed E-state index contributed by atoms with van der Waals surface area (Å²) in [6, 6.07) is 7.81. The number of hydrogen-bond acceptors (Lipinski definition) is 4. The molecule has 2 rings (SSSR count). The lowest BCUT2D eigenvalue weighted by Crippen LogP contribution is -2.07. The maximum Gasteiger partial charge on any atom is 0.0953 e. The fraction of sp³-hybridized carbons (Fsp3) is 0.438. The predicted molar refractivity (Wildman–Crippen MR) is 85.0 cm³/mol. The number of benzene rings is 1. The van der Waals surface area contributed by atoms with Crippen LogP contribution in [0.4, 0.5) is 11.4 Å². The van der Waals surface area contributed by atoms with Crippen molar-refractivity contribution in [1.82, 2.24) is 4.98 Å². The maximum absolute atomic E-state index is 5.96. The largest absolute Gasteiger partial charge is 0.398 e. The second kappa shape index (κ2) is 7.70. The Morgan fingerprint density at radius 3 is 2.90 bits per heavy atom. The Hall–Kier alpha value is -1.81. The van der Waals surface area contributed by atoms with Gasteiger partial charge in [-0.1, -0.05) is 13.3 Å². The van der Waals surface area contributed by atoms with Crippen LogP contribution in [0.1, 0.15) is 26.2 Å². The van der Waals surface area contributed by atoms with Gasteiger partial charge < -0.3 is 15.8 Å². The first-order valence-corrected chi connectivity index (χ1v) is 7.27. The third kappa shape index (κ3) is 3.84. The number of unbranched alkanes of at least 4 members (excludes halogenated alkanes) is 1. The molecule has 0 spiro atoms. The summed E-state index contributed by atoms with van der Waals surface area (Å²) < 4.78 is 5.54. The van der Waals surface area contributed by atoms with E-state index >= 15 is 0 Å². The van der Waals surface area contributed by atoms with Crippen LogP contribution in [0.3, 0.4) is 0 Å². The number of nitrogens with one attached hydrogen (secondary N) is 1. The van der Waals surface area contributed by atoms with Gasteiger partial charge in [0.05, 0.1) is 11.2 Å². The van der Waals surface area contributed by atoms with Gasteiger partial charge in [0, 0.05) is 37.0 Å². The molecule has 0 aliphatic rings. The number of pyridine rings is 1. The highest BCUT2D eigenvalue weighted by Gasteiger charge is 2.04.